The van der Waals surface area contributed by atoms with Crippen LogP contribution in [-0.2, 0) is 5.41 Å². The van der Waals surface area contributed by atoms with Crippen LogP contribution < -0.4 is 11.1 Å². The number of rotatable bonds is 4. The molecule has 2 rings (SSSR count). The van der Waals surface area contributed by atoms with Gasteiger partial charge in [-0.1, -0.05) is 57.2 Å². The molecule has 122 valence electrons. The molecule has 0 aliphatic carbocycles. The molecule has 0 saturated heterocycles. The fourth-order valence-electron chi connectivity index (χ4n) is 2.31. The number of para-hydroxylation sites is 1. The van der Waals surface area contributed by atoms with Crippen molar-refractivity contribution in [2.45, 2.75) is 32.3 Å². The Kier molecular flexibility index (Phi) is 5.06. The molecule has 4 heteroatoms. The molecule has 2 aromatic carbocycles. The third kappa shape index (κ3) is 4.33. The minimum atomic E-state index is -0.752. The normalized spacial score (nSPS) is 12.7. The maximum Gasteiger partial charge on any atom is 0.253 e. The Bertz CT molecular complexity index is 673. The highest BCUT2D eigenvalue weighted by atomic mass is 16.3. The van der Waals surface area contributed by atoms with E-state index < -0.39 is 6.10 Å². The van der Waals surface area contributed by atoms with E-state index in [0.29, 0.717) is 11.3 Å². The van der Waals surface area contributed by atoms with E-state index in [2.05, 4.69) is 26.1 Å². The number of nitrogens with two attached hydrogens (primary N) is 1. The highest BCUT2D eigenvalue weighted by Gasteiger charge is 2.15. The molecule has 1 unspecified atom stereocenters. The Morgan fingerprint density at radius 1 is 1.13 bits per heavy atom. The van der Waals surface area contributed by atoms with Crippen LogP contribution in [0, 0.1) is 0 Å². The lowest BCUT2D eigenvalue weighted by atomic mass is 9.86. The molecular weight excluding hydrogens is 288 g/mol. The molecule has 0 aliphatic heterocycles. The highest BCUT2D eigenvalue weighted by molar-refractivity contribution is 5.99. The van der Waals surface area contributed by atoms with E-state index in [1.54, 1.807) is 24.3 Å². The molecule has 0 saturated carbocycles. The minimum Gasteiger partial charge on any atom is -0.398 e. The number of nitrogens with one attached hydrogen (secondary N) is 1. The number of benzene rings is 2. The number of nitrogen functional groups attached to an aromatic ring is 1. The van der Waals surface area contributed by atoms with Crippen molar-refractivity contribution in [1.29, 1.82) is 0 Å². The molecule has 0 aromatic heterocycles. The van der Waals surface area contributed by atoms with Crippen LogP contribution in [0.15, 0.2) is 48.5 Å². The number of aliphatic hydroxyl groups is 1. The fraction of sp³-hybridized carbons (Fsp3) is 0.316. The zero-order valence-electron chi connectivity index (χ0n) is 13.8. The third-order valence-electron chi connectivity index (χ3n) is 3.82. The van der Waals surface area contributed by atoms with Crippen molar-refractivity contribution in [1.82, 2.24) is 5.32 Å². The molecule has 0 aliphatic rings. The number of hydrogen-bond donors (Lipinski definition) is 3. The number of aliphatic hydroxyl groups excluding tert-OH is 1. The number of carbonyl (C=O) groups is 1. The van der Waals surface area contributed by atoms with Crippen LogP contribution in [0.25, 0.3) is 0 Å². The highest BCUT2D eigenvalue weighted by Crippen LogP contribution is 2.23. The first-order valence-corrected chi connectivity index (χ1v) is 7.70. The summed E-state index contributed by atoms with van der Waals surface area (Å²) in [6.07, 6.45) is -0.752. The average Bonchev–Trinajstić information content (AvgIpc) is 2.52. The van der Waals surface area contributed by atoms with Crippen LogP contribution in [0.1, 0.15) is 48.4 Å². The van der Waals surface area contributed by atoms with E-state index in [0.717, 1.165) is 5.56 Å². The summed E-state index contributed by atoms with van der Waals surface area (Å²) in [4.78, 5) is 12.1. The summed E-state index contributed by atoms with van der Waals surface area (Å²) in [5, 5.41) is 12.9. The van der Waals surface area contributed by atoms with Gasteiger partial charge in [-0.25, -0.2) is 0 Å². The van der Waals surface area contributed by atoms with Gasteiger partial charge in [0.05, 0.1) is 11.7 Å². The van der Waals surface area contributed by atoms with E-state index in [1.165, 1.54) is 5.56 Å². The van der Waals surface area contributed by atoms with E-state index in [1.807, 2.05) is 24.3 Å². The number of anilines is 1. The van der Waals surface area contributed by atoms with Gasteiger partial charge >= 0.3 is 0 Å². The zero-order chi connectivity index (χ0) is 17.0. The monoisotopic (exact) mass is 312 g/mol. The zero-order valence-corrected chi connectivity index (χ0v) is 13.8. The summed E-state index contributed by atoms with van der Waals surface area (Å²) in [6.45, 7) is 6.57. The van der Waals surface area contributed by atoms with Crippen molar-refractivity contribution in [3.63, 3.8) is 0 Å². The SMILES string of the molecule is CC(C)(C)c1ccc(C(O)CNC(=O)c2ccccc2N)cc1. The Morgan fingerprint density at radius 2 is 1.74 bits per heavy atom. The summed E-state index contributed by atoms with van der Waals surface area (Å²) in [5.74, 6) is -0.284. The van der Waals surface area contributed by atoms with Gasteiger partial charge < -0.3 is 16.2 Å². The third-order valence-corrected chi connectivity index (χ3v) is 3.82. The fourth-order valence-corrected chi connectivity index (χ4v) is 2.31. The smallest absolute Gasteiger partial charge is 0.253 e. The van der Waals surface area contributed by atoms with Crippen LogP contribution in [0.5, 0.6) is 0 Å². The second-order valence-corrected chi connectivity index (χ2v) is 6.69. The van der Waals surface area contributed by atoms with Gasteiger partial charge in [0.1, 0.15) is 0 Å². The van der Waals surface area contributed by atoms with E-state index >= 15 is 0 Å². The molecule has 0 bridgehead atoms. The van der Waals surface area contributed by atoms with Crippen molar-refractivity contribution in [2.75, 3.05) is 12.3 Å². The summed E-state index contributed by atoms with van der Waals surface area (Å²) < 4.78 is 0. The predicted octanol–water partition coefficient (Wildman–Crippen LogP) is 3.03. The molecule has 2 aromatic rings. The topological polar surface area (TPSA) is 75.3 Å². The summed E-state index contributed by atoms with van der Waals surface area (Å²) in [6, 6.07) is 14.7. The lowest BCUT2D eigenvalue weighted by molar-refractivity contribution is 0.0917. The van der Waals surface area contributed by atoms with Gasteiger partial charge in [-0.05, 0) is 28.7 Å². The molecule has 0 heterocycles. The van der Waals surface area contributed by atoms with Gasteiger partial charge in [-0.3, -0.25) is 4.79 Å². The molecule has 0 radical (unpaired) electrons. The van der Waals surface area contributed by atoms with Gasteiger partial charge in [0.15, 0.2) is 0 Å². The Hall–Kier alpha value is -2.33. The molecule has 0 fully saturated rings. The van der Waals surface area contributed by atoms with E-state index in [9.17, 15) is 9.90 Å². The first-order chi connectivity index (χ1) is 10.8. The standard InChI is InChI=1S/C19H24N2O2/c1-19(2,3)14-10-8-13(9-11-14)17(22)12-21-18(23)15-6-4-5-7-16(15)20/h4-11,17,22H,12,20H2,1-3H3,(H,21,23). The second kappa shape index (κ2) is 6.84. The second-order valence-electron chi connectivity index (χ2n) is 6.69. The summed E-state index contributed by atoms with van der Waals surface area (Å²) >= 11 is 0. The first kappa shape index (κ1) is 17.0. The minimum absolute atomic E-state index is 0.0720. The van der Waals surface area contributed by atoms with Gasteiger partial charge in [-0.15, -0.1) is 0 Å². The molecule has 1 amide bonds. The van der Waals surface area contributed by atoms with Crippen molar-refractivity contribution >= 4 is 11.6 Å². The van der Waals surface area contributed by atoms with Crippen molar-refractivity contribution in [2.24, 2.45) is 0 Å². The maximum absolute atomic E-state index is 12.1. The van der Waals surface area contributed by atoms with Crippen LogP contribution in [0.4, 0.5) is 5.69 Å². The van der Waals surface area contributed by atoms with Crippen LogP contribution in [0.2, 0.25) is 0 Å². The molecule has 4 nitrogen and oxygen atoms in total. The Morgan fingerprint density at radius 3 is 2.30 bits per heavy atom. The molecule has 23 heavy (non-hydrogen) atoms. The number of hydrogen-bond acceptors (Lipinski definition) is 3. The van der Waals surface area contributed by atoms with Gasteiger partial charge in [0.2, 0.25) is 0 Å². The predicted molar refractivity (Wildman–Crippen MR) is 93.3 cm³/mol. The molecule has 4 N–H and O–H groups in total. The summed E-state index contributed by atoms with van der Waals surface area (Å²) in [7, 11) is 0. The van der Waals surface area contributed by atoms with Crippen LogP contribution in [0.3, 0.4) is 0 Å². The lowest BCUT2D eigenvalue weighted by Crippen LogP contribution is -2.29. The largest absolute Gasteiger partial charge is 0.398 e. The van der Waals surface area contributed by atoms with Gasteiger partial charge in [0, 0.05) is 12.2 Å². The Labute approximate surface area is 137 Å². The number of carbonyl (C=O) groups excluding carboxylic acids is 1. The van der Waals surface area contributed by atoms with Gasteiger partial charge in [0.25, 0.3) is 5.91 Å². The van der Waals surface area contributed by atoms with Crippen molar-refractivity contribution in [3.05, 3.63) is 65.2 Å². The van der Waals surface area contributed by atoms with Gasteiger partial charge in [-0.2, -0.15) is 0 Å². The van der Waals surface area contributed by atoms with Crippen LogP contribution in [-0.4, -0.2) is 17.6 Å². The van der Waals surface area contributed by atoms with Crippen molar-refractivity contribution < 1.29 is 9.90 Å². The van der Waals surface area contributed by atoms with Crippen molar-refractivity contribution in [3.8, 4) is 0 Å². The quantitative estimate of drug-likeness (QED) is 0.760. The first-order valence-electron chi connectivity index (χ1n) is 7.70. The van der Waals surface area contributed by atoms with E-state index in [-0.39, 0.29) is 17.9 Å². The van der Waals surface area contributed by atoms with E-state index in [4.69, 9.17) is 5.73 Å². The maximum atomic E-state index is 12.1. The molecule has 0 spiro atoms. The molecule has 1 atom stereocenters. The van der Waals surface area contributed by atoms with Crippen LogP contribution >= 0.6 is 0 Å². The number of amides is 1. The Balaban J connectivity index is 1.98. The molecular formula is C19H24N2O2. The average molecular weight is 312 g/mol. The summed E-state index contributed by atoms with van der Waals surface area (Å²) in [5.41, 5.74) is 8.67. The lowest BCUT2D eigenvalue weighted by Gasteiger charge is -2.20.